The number of hydrogen-bond donors (Lipinski definition) is 1. The third-order valence-corrected chi connectivity index (χ3v) is 2.93. The lowest BCUT2D eigenvalue weighted by molar-refractivity contribution is 0.0604. The van der Waals surface area contributed by atoms with Crippen LogP contribution in [0.2, 0.25) is 0 Å². The highest BCUT2D eigenvalue weighted by atomic mass is 16.5. The molecule has 0 spiro atoms. The summed E-state index contributed by atoms with van der Waals surface area (Å²) in [5.41, 5.74) is 0. The minimum absolute atomic E-state index is 0.433. The Morgan fingerprint density at radius 3 is 2.94 bits per heavy atom. The fourth-order valence-electron chi connectivity index (χ4n) is 1.87. The molecule has 1 aliphatic rings. The fourth-order valence-corrected chi connectivity index (χ4v) is 1.87. The van der Waals surface area contributed by atoms with Crippen molar-refractivity contribution in [3.63, 3.8) is 0 Å². The van der Waals surface area contributed by atoms with Gasteiger partial charge < -0.3 is 14.8 Å². The van der Waals surface area contributed by atoms with Crippen molar-refractivity contribution in [3.8, 4) is 0 Å². The zero-order valence-corrected chi connectivity index (χ0v) is 10.6. The van der Waals surface area contributed by atoms with E-state index in [1.807, 2.05) is 0 Å². The van der Waals surface area contributed by atoms with E-state index in [2.05, 4.69) is 24.4 Å². The first-order chi connectivity index (χ1) is 7.83. The van der Waals surface area contributed by atoms with E-state index in [-0.39, 0.29) is 0 Å². The first-order valence-corrected chi connectivity index (χ1v) is 6.28. The maximum Gasteiger partial charge on any atom is 0.0701 e. The van der Waals surface area contributed by atoms with Crippen molar-refractivity contribution in [2.45, 2.75) is 32.2 Å². The van der Waals surface area contributed by atoms with Crippen molar-refractivity contribution in [3.05, 3.63) is 12.2 Å². The van der Waals surface area contributed by atoms with E-state index in [0.29, 0.717) is 19.3 Å². The topological polar surface area (TPSA) is 30.5 Å². The minimum atomic E-state index is 0.433. The number of ether oxygens (including phenoxy) is 2. The third kappa shape index (κ3) is 6.26. The van der Waals surface area contributed by atoms with E-state index in [9.17, 15) is 0 Å². The predicted molar refractivity (Wildman–Crippen MR) is 66.6 cm³/mol. The molecule has 94 valence electrons. The van der Waals surface area contributed by atoms with Crippen molar-refractivity contribution in [2.75, 3.05) is 33.5 Å². The van der Waals surface area contributed by atoms with Crippen LogP contribution in [0.15, 0.2) is 12.2 Å². The largest absolute Gasteiger partial charge is 0.382 e. The second-order valence-corrected chi connectivity index (χ2v) is 4.53. The standard InChI is InChI=1S/C13H25NO2/c1-12(11-16-9-8-15-2)14-10-13-6-4-3-5-7-13/h3-4,12-14H,5-11H2,1-2H3. The lowest BCUT2D eigenvalue weighted by atomic mass is 9.94. The van der Waals surface area contributed by atoms with E-state index < -0.39 is 0 Å². The van der Waals surface area contributed by atoms with Gasteiger partial charge in [0.2, 0.25) is 0 Å². The lowest BCUT2D eigenvalue weighted by Crippen LogP contribution is -2.35. The Balaban J connectivity index is 1.96. The van der Waals surface area contributed by atoms with Gasteiger partial charge in [-0.15, -0.1) is 0 Å². The van der Waals surface area contributed by atoms with Crippen molar-refractivity contribution in [1.29, 1.82) is 0 Å². The van der Waals surface area contributed by atoms with Crippen LogP contribution in [0.4, 0.5) is 0 Å². The quantitative estimate of drug-likeness (QED) is 0.508. The lowest BCUT2D eigenvalue weighted by Gasteiger charge is -2.21. The Morgan fingerprint density at radius 1 is 1.38 bits per heavy atom. The minimum Gasteiger partial charge on any atom is -0.382 e. The molecule has 1 N–H and O–H groups in total. The molecule has 0 bridgehead atoms. The van der Waals surface area contributed by atoms with Crippen LogP contribution in [0, 0.1) is 5.92 Å². The molecule has 0 aromatic heterocycles. The normalized spacial score (nSPS) is 22.2. The molecule has 0 heterocycles. The highest BCUT2D eigenvalue weighted by Crippen LogP contribution is 2.16. The Bertz CT molecular complexity index is 194. The zero-order chi connectivity index (χ0) is 11.6. The molecule has 0 fully saturated rings. The molecule has 0 aliphatic heterocycles. The van der Waals surface area contributed by atoms with E-state index in [1.54, 1.807) is 7.11 Å². The van der Waals surface area contributed by atoms with Crippen molar-refractivity contribution >= 4 is 0 Å². The highest BCUT2D eigenvalue weighted by molar-refractivity contribution is 4.90. The molecule has 2 unspecified atom stereocenters. The molecule has 0 amide bonds. The van der Waals surface area contributed by atoms with Crippen molar-refractivity contribution in [2.24, 2.45) is 5.92 Å². The van der Waals surface area contributed by atoms with Crippen molar-refractivity contribution in [1.82, 2.24) is 5.32 Å². The Hall–Kier alpha value is -0.380. The molecule has 0 saturated carbocycles. The van der Waals surface area contributed by atoms with Crippen LogP contribution in [0.25, 0.3) is 0 Å². The van der Waals surface area contributed by atoms with E-state index >= 15 is 0 Å². The predicted octanol–water partition coefficient (Wildman–Crippen LogP) is 1.98. The second kappa shape index (κ2) is 8.74. The first kappa shape index (κ1) is 13.7. The fraction of sp³-hybridized carbons (Fsp3) is 0.846. The summed E-state index contributed by atoms with van der Waals surface area (Å²) in [4.78, 5) is 0. The molecule has 1 rings (SSSR count). The molecular weight excluding hydrogens is 202 g/mol. The number of rotatable bonds is 8. The van der Waals surface area contributed by atoms with Crippen LogP contribution in [0.3, 0.4) is 0 Å². The first-order valence-electron chi connectivity index (χ1n) is 6.28. The Labute approximate surface area is 99.2 Å². The summed E-state index contributed by atoms with van der Waals surface area (Å²) in [6.45, 7) is 5.42. The molecule has 3 nitrogen and oxygen atoms in total. The Morgan fingerprint density at radius 2 is 2.25 bits per heavy atom. The molecule has 0 aromatic carbocycles. The van der Waals surface area contributed by atoms with Gasteiger partial charge in [-0.1, -0.05) is 12.2 Å². The molecule has 16 heavy (non-hydrogen) atoms. The number of methoxy groups -OCH3 is 1. The van der Waals surface area contributed by atoms with Crippen LogP contribution in [-0.4, -0.2) is 39.5 Å². The molecule has 0 radical (unpaired) electrons. The van der Waals surface area contributed by atoms with Gasteiger partial charge in [-0.05, 0) is 38.6 Å². The van der Waals surface area contributed by atoms with E-state index in [1.165, 1.54) is 19.3 Å². The molecular formula is C13H25NO2. The van der Waals surface area contributed by atoms with Gasteiger partial charge in [0.25, 0.3) is 0 Å². The van der Waals surface area contributed by atoms with E-state index in [0.717, 1.165) is 19.1 Å². The smallest absolute Gasteiger partial charge is 0.0701 e. The van der Waals surface area contributed by atoms with Gasteiger partial charge in [-0.3, -0.25) is 0 Å². The van der Waals surface area contributed by atoms with Gasteiger partial charge in [0.15, 0.2) is 0 Å². The van der Waals surface area contributed by atoms with Gasteiger partial charge in [0, 0.05) is 13.2 Å². The van der Waals surface area contributed by atoms with Crippen molar-refractivity contribution < 1.29 is 9.47 Å². The average Bonchev–Trinajstić information content (AvgIpc) is 2.33. The summed E-state index contributed by atoms with van der Waals surface area (Å²) in [7, 11) is 1.70. The molecule has 2 atom stereocenters. The summed E-state index contributed by atoms with van der Waals surface area (Å²) >= 11 is 0. The summed E-state index contributed by atoms with van der Waals surface area (Å²) in [6, 6.07) is 0.433. The van der Waals surface area contributed by atoms with Crippen LogP contribution in [0.5, 0.6) is 0 Å². The van der Waals surface area contributed by atoms with Crippen LogP contribution < -0.4 is 5.32 Å². The zero-order valence-electron chi connectivity index (χ0n) is 10.6. The summed E-state index contributed by atoms with van der Waals surface area (Å²) < 4.78 is 10.4. The van der Waals surface area contributed by atoms with Gasteiger partial charge in [-0.2, -0.15) is 0 Å². The molecule has 0 aromatic rings. The maximum atomic E-state index is 5.47. The average molecular weight is 227 g/mol. The molecule has 3 heteroatoms. The highest BCUT2D eigenvalue weighted by Gasteiger charge is 2.10. The summed E-state index contributed by atoms with van der Waals surface area (Å²) in [5.74, 6) is 0.812. The molecule has 0 saturated heterocycles. The summed E-state index contributed by atoms with van der Waals surface area (Å²) in [5, 5.41) is 3.53. The maximum absolute atomic E-state index is 5.47. The third-order valence-electron chi connectivity index (χ3n) is 2.93. The monoisotopic (exact) mass is 227 g/mol. The number of hydrogen-bond acceptors (Lipinski definition) is 3. The summed E-state index contributed by atoms with van der Waals surface area (Å²) in [6.07, 6.45) is 8.37. The van der Waals surface area contributed by atoms with Gasteiger partial charge in [-0.25, -0.2) is 0 Å². The number of nitrogens with one attached hydrogen (secondary N) is 1. The van der Waals surface area contributed by atoms with Crippen LogP contribution in [0.1, 0.15) is 26.2 Å². The SMILES string of the molecule is COCCOCC(C)NCC1CC=CCC1. The molecule has 1 aliphatic carbocycles. The van der Waals surface area contributed by atoms with Crippen LogP contribution >= 0.6 is 0 Å². The second-order valence-electron chi connectivity index (χ2n) is 4.53. The van der Waals surface area contributed by atoms with Gasteiger partial charge in [0.05, 0.1) is 19.8 Å². The van der Waals surface area contributed by atoms with E-state index in [4.69, 9.17) is 9.47 Å². The van der Waals surface area contributed by atoms with Gasteiger partial charge in [0.1, 0.15) is 0 Å². The van der Waals surface area contributed by atoms with Gasteiger partial charge >= 0.3 is 0 Å². The van der Waals surface area contributed by atoms with Crippen LogP contribution in [-0.2, 0) is 9.47 Å². The number of allylic oxidation sites excluding steroid dienone is 2. The Kier molecular flexibility index (Phi) is 7.47.